The van der Waals surface area contributed by atoms with E-state index in [2.05, 4.69) is 62.5 Å². The Hall–Kier alpha value is -2.34. The van der Waals surface area contributed by atoms with Gasteiger partial charge in [-0.15, -0.1) is 0 Å². The number of ether oxygens (including phenoxy) is 4. The first-order valence-electron chi connectivity index (χ1n) is 19.2. The van der Waals surface area contributed by atoms with Gasteiger partial charge in [0, 0.05) is 12.8 Å². The lowest BCUT2D eigenvalue weighted by Crippen LogP contribution is -2.59. The van der Waals surface area contributed by atoms with Crippen LogP contribution in [0.1, 0.15) is 136 Å². The van der Waals surface area contributed by atoms with Crippen molar-refractivity contribution in [3.8, 4) is 0 Å². The maximum Gasteiger partial charge on any atom is 0.306 e. The van der Waals surface area contributed by atoms with E-state index in [-0.39, 0.29) is 26.1 Å². The summed E-state index contributed by atoms with van der Waals surface area (Å²) in [7, 11) is 0. The standard InChI is InChI=1S/C40H68O10/c1-3-5-7-9-11-13-14-15-16-17-18-19-20-21-23-25-27-29-36(43)49-33(31-47-35(42)28-26-24-22-12-10-8-6-4-2)32-48-40-39(46)38(45)37(44)34(30-41)50-40/h7,9,13-14,16-17,19-20,33-34,37-41,44-46H,3-6,8,10-12,15,18,21-32H2,1-2H3/b9-7+,14-13+,17-16+,20-19+/t33-,34-,37+,38?,39?,40-/m1/s1. The van der Waals surface area contributed by atoms with Crippen LogP contribution in [-0.4, -0.2) is 89.0 Å². The van der Waals surface area contributed by atoms with E-state index in [1.165, 1.54) is 32.1 Å². The summed E-state index contributed by atoms with van der Waals surface area (Å²) in [6.07, 6.45) is 27.0. The molecule has 0 aromatic rings. The van der Waals surface area contributed by atoms with Gasteiger partial charge in [0.2, 0.25) is 0 Å². The Balaban J connectivity index is 2.42. The zero-order valence-electron chi connectivity index (χ0n) is 30.9. The summed E-state index contributed by atoms with van der Waals surface area (Å²) >= 11 is 0. The molecule has 0 saturated carbocycles. The number of carbonyl (C=O) groups is 2. The first-order chi connectivity index (χ1) is 24.3. The van der Waals surface area contributed by atoms with Gasteiger partial charge in [-0.1, -0.05) is 120 Å². The molecule has 1 aliphatic rings. The molecule has 50 heavy (non-hydrogen) atoms. The second kappa shape index (κ2) is 31.4. The van der Waals surface area contributed by atoms with Crippen molar-refractivity contribution < 1.29 is 49.0 Å². The van der Waals surface area contributed by atoms with Crippen molar-refractivity contribution in [2.75, 3.05) is 19.8 Å². The Kier molecular flexibility index (Phi) is 28.7. The molecule has 10 heteroatoms. The van der Waals surface area contributed by atoms with Gasteiger partial charge >= 0.3 is 11.9 Å². The molecule has 0 aromatic carbocycles. The number of rotatable bonds is 30. The van der Waals surface area contributed by atoms with E-state index >= 15 is 0 Å². The summed E-state index contributed by atoms with van der Waals surface area (Å²) in [4.78, 5) is 25.1. The molecule has 0 aliphatic carbocycles. The highest BCUT2D eigenvalue weighted by molar-refractivity contribution is 5.70. The third-order valence-electron chi connectivity index (χ3n) is 8.45. The fourth-order valence-corrected chi connectivity index (χ4v) is 5.35. The summed E-state index contributed by atoms with van der Waals surface area (Å²) in [5.41, 5.74) is 0. The van der Waals surface area contributed by atoms with Gasteiger partial charge in [-0.05, 0) is 51.4 Å². The van der Waals surface area contributed by atoms with E-state index in [0.717, 1.165) is 70.6 Å². The average molecular weight is 709 g/mol. The number of esters is 2. The molecule has 0 radical (unpaired) electrons. The molecular weight excluding hydrogens is 640 g/mol. The molecular formula is C40H68O10. The number of unbranched alkanes of at least 4 members (excludes halogenated alkanes) is 11. The Morgan fingerprint density at radius 2 is 1.16 bits per heavy atom. The monoisotopic (exact) mass is 708 g/mol. The van der Waals surface area contributed by atoms with Gasteiger partial charge in [0.05, 0.1) is 13.2 Å². The van der Waals surface area contributed by atoms with E-state index in [1.807, 2.05) is 0 Å². The van der Waals surface area contributed by atoms with Crippen LogP contribution in [0.25, 0.3) is 0 Å². The highest BCUT2D eigenvalue weighted by atomic mass is 16.7. The predicted octanol–water partition coefficient (Wildman–Crippen LogP) is 6.93. The second-order valence-electron chi connectivity index (χ2n) is 13.0. The van der Waals surface area contributed by atoms with Crippen molar-refractivity contribution in [1.29, 1.82) is 0 Å². The molecule has 0 amide bonds. The number of aliphatic hydroxyl groups excluding tert-OH is 4. The Bertz CT molecular complexity index is 960. The molecule has 0 spiro atoms. The van der Waals surface area contributed by atoms with Crippen molar-refractivity contribution in [2.45, 2.75) is 173 Å². The highest BCUT2D eigenvalue weighted by Crippen LogP contribution is 2.22. The average Bonchev–Trinajstić information content (AvgIpc) is 3.11. The summed E-state index contributed by atoms with van der Waals surface area (Å²) in [6, 6.07) is 0. The lowest BCUT2D eigenvalue weighted by Gasteiger charge is -2.39. The molecule has 0 bridgehead atoms. The molecule has 2 unspecified atom stereocenters. The summed E-state index contributed by atoms with van der Waals surface area (Å²) in [5, 5.41) is 39.8. The van der Waals surface area contributed by atoms with Crippen molar-refractivity contribution in [3.05, 3.63) is 48.6 Å². The summed E-state index contributed by atoms with van der Waals surface area (Å²) in [5.74, 6) is -0.852. The van der Waals surface area contributed by atoms with Crippen LogP contribution < -0.4 is 0 Å². The van der Waals surface area contributed by atoms with E-state index in [1.54, 1.807) is 0 Å². The van der Waals surface area contributed by atoms with Gasteiger partial charge in [-0.3, -0.25) is 9.59 Å². The Labute approximate surface area is 301 Å². The zero-order valence-corrected chi connectivity index (χ0v) is 30.9. The molecule has 1 fully saturated rings. The minimum atomic E-state index is -1.60. The van der Waals surface area contributed by atoms with Crippen molar-refractivity contribution in [2.24, 2.45) is 0 Å². The van der Waals surface area contributed by atoms with Crippen molar-refractivity contribution >= 4 is 11.9 Å². The van der Waals surface area contributed by atoms with Crippen LogP contribution in [0.3, 0.4) is 0 Å². The summed E-state index contributed by atoms with van der Waals surface area (Å²) < 4.78 is 22.0. The number of allylic oxidation sites excluding steroid dienone is 8. The molecule has 1 aliphatic heterocycles. The number of carbonyl (C=O) groups excluding carboxylic acids is 2. The number of hydrogen-bond donors (Lipinski definition) is 4. The molecule has 288 valence electrons. The van der Waals surface area contributed by atoms with Crippen LogP contribution in [-0.2, 0) is 28.5 Å². The Morgan fingerprint density at radius 1 is 0.620 bits per heavy atom. The van der Waals surface area contributed by atoms with Crippen LogP contribution in [0.2, 0.25) is 0 Å². The third kappa shape index (κ3) is 23.2. The van der Waals surface area contributed by atoms with Crippen LogP contribution in [0.4, 0.5) is 0 Å². The molecule has 1 rings (SSSR count). The smallest absolute Gasteiger partial charge is 0.306 e. The third-order valence-corrected chi connectivity index (χ3v) is 8.45. The normalized spacial score (nSPS) is 21.9. The lowest BCUT2D eigenvalue weighted by atomic mass is 9.99. The topological polar surface area (TPSA) is 152 Å². The SMILES string of the molecule is CCC/C=C/C/C=C/C/C=C/C/C=C/CCCCCC(=O)O[C@H](COC(=O)CCCCCCCCCC)CO[C@@H]1O[C@H](CO)[C@H](O)C(O)C1O. The van der Waals surface area contributed by atoms with Crippen LogP contribution in [0.5, 0.6) is 0 Å². The van der Waals surface area contributed by atoms with Crippen molar-refractivity contribution in [1.82, 2.24) is 0 Å². The lowest BCUT2D eigenvalue weighted by molar-refractivity contribution is -0.305. The zero-order chi connectivity index (χ0) is 36.7. The molecule has 4 N–H and O–H groups in total. The minimum absolute atomic E-state index is 0.192. The van der Waals surface area contributed by atoms with E-state index in [0.29, 0.717) is 6.42 Å². The quantitative estimate of drug-likeness (QED) is 0.0351. The van der Waals surface area contributed by atoms with E-state index < -0.39 is 55.4 Å². The molecule has 1 saturated heterocycles. The molecule has 6 atom stereocenters. The van der Waals surface area contributed by atoms with Gasteiger partial charge in [-0.25, -0.2) is 0 Å². The maximum absolute atomic E-state index is 12.7. The molecule has 1 heterocycles. The minimum Gasteiger partial charge on any atom is -0.462 e. The first-order valence-corrected chi connectivity index (χ1v) is 19.2. The van der Waals surface area contributed by atoms with Crippen LogP contribution >= 0.6 is 0 Å². The maximum atomic E-state index is 12.7. The fraction of sp³-hybridized carbons (Fsp3) is 0.750. The molecule has 0 aromatic heterocycles. The van der Waals surface area contributed by atoms with Crippen LogP contribution in [0, 0.1) is 0 Å². The van der Waals surface area contributed by atoms with Gasteiger partial charge in [0.25, 0.3) is 0 Å². The van der Waals surface area contributed by atoms with E-state index in [9.17, 15) is 30.0 Å². The largest absolute Gasteiger partial charge is 0.462 e. The van der Waals surface area contributed by atoms with Crippen molar-refractivity contribution in [3.63, 3.8) is 0 Å². The van der Waals surface area contributed by atoms with Gasteiger partial charge in [0.15, 0.2) is 12.4 Å². The van der Waals surface area contributed by atoms with Gasteiger partial charge < -0.3 is 39.4 Å². The van der Waals surface area contributed by atoms with E-state index in [4.69, 9.17) is 18.9 Å². The second-order valence-corrected chi connectivity index (χ2v) is 13.0. The van der Waals surface area contributed by atoms with Crippen LogP contribution in [0.15, 0.2) is 48.6 Å². The van der Waals surface area contributed by atoms with Gasteiger partial charge in [0.1, 0.15) is 31.0 Å². The fourth-order valence-electron chi connectivity index (χ4n) is 5.35. The number of aliphatic hydroxyl groups is 4. The number of hydrogen-bond acceptors (Lipinski definition) is 10. The first kappa shape index (κ1) is 45.7. The predicted molar refractivity (Wildman–Crippen MR) is 196 cm³/mol. The highest BCUT2D eigenvalue weighted by Gasteiger charge is 2.44. The Morgan fingerprint density at radius 3 is 1.76 bits per heavy atom. The summed E-state index contributed by atoms with van der Waals surface area (Å²) in [6.45, 7) is 3.26. The van der Waals surface area contributed by atoms with Gasteiger partial charge in [-0.2, -0.15) is 0 Å². The molecule has 10 nitrogen and oxygen atoms in total.